The van der Waals surface area contributed by atoms with Gasteiger partial charge in [0, 0.05) is 18.4 Å². The van der Waals surface area contributed by atoms with E-state index in [9.17, 15) is 13.2 Å². The summed E-state index contributed by atoms with van der Waals surface area (Å²) in [6.07, 6.45) is 5.40. The van der Waals surface area contributed by atoms with Crippen LogP contribution < -0.4 is 11.1 Å². The zero-order valence-electron chi connectivity index (χ0n) is 12.7. The summed E-state index contributed by atoms with van der Waals surface area (Å²) in [5, 5.41) is 2.79. The van der Waals surface area contributed by atoms with Crippen LogP contribution in [0.1, 0.15) is 37.7 Å². The number of benzene rings is 1. The molecule has 0 aliphatic carbocycles. The molecule has 1 aromatic carbocycles. The first-order valence-electron chi connectivity index (χ1n) is 7.15. The van der Waals surface area contributed by atoms with Crippen LogP contribution in [-0.4, -0.2) is 27.1 Å². The number of hydrogen-bond donors (Lipinski definition) is 2. The molecule has 118 valence electrons. The standard InChI is InChI=1S/C15H24N2O3S/c1-12-8-9-13(21(2,19)20)11-14(12)17-15(18)7-5-3-4-6-10-16/h8-9,11H,3-7,10,16H2,1-2H3,(H,17,18). The summed E-state index contributed by atoms with van der Waals surface area (Å²) in [7, 11) is -3.27. The van der Waals surface area contributed by atoms with Crippen LogP contribution in [0.3, 0.4) is 0 Å². The maximum atomic E-state index is 11.9. The average Bonchev–Trinajstić information content (AvgIpc) is 2.40. The lowest BCUT2D eigenvalue weighted by Gasteiger charge is -2.10. The van der Waals surface area contributed by atoms with Gasteiger partial charge < -0.3 is 11.1 Å². The zero-order valence-corrected chi connectivity index (χ0v) is 13.5. The summed E-state index contributed by atoms with van der Waals surface area (Å²) in [5.41, 5.74) is 6.82. The van der Waals surface area contributed by atoms with Gasteiger partial charge in [-0.3, -0.25) is 4.79 Å². The van der Waals surface area contributed by atoms with Crippen LogP contribution in [0.25, 0.3) is 0 Å². The molecule has 0 saturated carbocycles. The van der Waals surface area contributed by atoms with Crippen molar-refractivity contribution in [3.8, 4) is 0 Å². The zero-order chi connectivity index (χ0) is 15.9. The predicted octanol–water partition coefficient (Wildman–Crippen LogP) is 2.25. The lowest BCUT2D eigenvalue weighted by atomic mass is 10.1. The van der Waals surface area contributed by atoms with Crippen LogP contribution in [0.2, 0.25) is 0 Å². The Hall–Kier alpha value is -1.40. The van der Waals surface area contributed by atoms with Gasteiger partial charge in [0.25, 0.3) is 0 Å². The summed E-state index contributed by atoms with van der Waals surface area (Å²) in [6.45, 7) is 2.52. The van der Waals surface area contributed by atoms with E-state index < -0.39 is 9.84 Å². The Morgan fingerprint density at radius 3 is 2.48 bits per heavy atom. The molecule has 0 aliphatic rings. The summed E-state index contributed by atoms with van der Waals surface area (Å²) in [6, 6.07) is 4.76. The number of amides is 1. The summed E-state index contributed by atoms with van der Waals surface area (Å²) in [4.78, 5) is 12.1. The molecule has 21 heavy (non-hydrogen) atoms. The molecule has 0 saturated heterocycles. The molecular formula is C15H24N2O3S. The number of nitrogens with one attached hydrogen (secondary N) is 1. The molecule has 0 aliphatic heterocycles. The highest BCUT2D eigenvalue weighted by Crippen LogP contribution is 2.20. The Labute approximate surface area is 126 Å². The molecule has 1 rings (SSSR count). The third kappa shape index (κ3) is 6.27. The minimum atomic E-state index is -3.27. The molecule has 3 N–H and O–H groups in total. The Morgan fingerprint density at radius 1 is 1.19 bits per heavy atom. The number of anilines is 1. The second-order valence-corrected chi connectivity index (χ2v) is 7.27. The number of carbonyl (C=O) groups excluding carboxylic acids is 1. The van der Waals surface area contributed by atoms with Gasteiger partial charge >= 0.3 is 0 Å². The van der Waals surface area contributed by atoms with E-state index in [2.05, 4.69) is 5.32 Å². The van der Waals surface area contributed by atoms with Crippen molar-refractivity contribution < 1.29 is 13.2 Å². The molecule has 0 unspecified atom stereocenters. The topological polar surface area (TPSA) is 89.3 Å². The molecule has 5 nitrogen and oxygen atoms in total. The normalized spacial score (nSPS) is 11.4. The van der Waals surface area contributed by atoms with E-state index in [-0.39, 0.29) is 10.8 Å². The molecule has 0 aromatic heterocycles. The van der Waals surface area contributed by atoms with Gasteiger partial charge in [0.05, 0.1) is 4.90 Å². The Balaban J connectivity index is 2.59. The highest BCUT2D eigenvalue weighted by atomic mass is 32.2. The van der Waals surface area contributed by atoms with Crippen molar-refractivity contribution in [2.24, 2.45) is 5.73 Å². The summed E-state index contributed by atoms with van der Waals surface area (Å²) >= 11 is 0. The predicted molar refractivity (Wildman–Crippen MR) is 85.1 cm³/mol. The fourth-order valence-corrected chi connectivity index (χ4v) is 2.61. The second-order valence-electron chi connectivity index (χ2n) is 5.25. The lowest BCUT2D eigenvalue weighted by Crippen LogP contribution is -2.12. The van der Waals surface area contributed by atoms with E-state index in [1.165, 1.54) is 6.07 Å². The first-order valence-corrected chi connectivity index (χ1v) is 9.04. The van der Waals surface area contributed by atoms with Gasteiger partial charge in [0.2, 0.25) is 5.91 Å². The fourth-order valence-electron chi connectivity index (χ4n) is 1.96. The number of rotatable bonds is 8. The molecule has 0 heterocycles. The number of sulfone groups is 1. The number of nitrogens with two attached hydrogens (primary N) is 1. The van der Waals surface area contributed by atoms with E-state index in [0.717, 1.165) is 37.5 Å². The first kappa shape index (κ1) is 17.7. The van der Waals surface area contributed by atoms with Crippen LogP contribution in [0, 0.1) is 6.92 Å². The van der Waals surface area contributed by atoms with E-state index in [4.69, 9.17) is 5.73 Å². The second kappa shape index (κ2) is 8.14. The van der Waals surface area contributed by atoms with E-state index in [0.29, 0.717) is 18.7 Å². The Morgan fingerprint density at radius 2 is 1.86 bits per heavy atom. The van der Waals surface area contributed by atoms with Crippen LogP contribution in [0.15, 0.2) is 23.1 Å². The SMILES string of the molecule is Cc1ccc(S(C)(=O)=O)cc1NC(=O)CCCCCCN. The van der Waals surface area contributed by atoms with E-state index >= 15 is 0 Å². The average molecular weight is 312 g/mol. The number of carbonyl (C=O) groups is 1. The number of aryl methyl sites for hydroxylation is 1. The minimum absolute atomic E-state index is 0.0866. The lowest BCUT2D eigenvalue weighted by molar-refractivity contribution is -0.116. The van der Waals surface area contributed by atoms with Crippen molar-refractivity contribution >= 4 is 21.4 Å². The third-order valence-corrected chi connectivity index (χ3v) is 4.38. The summed E-state index contributed by atoms with van der Waals surface area (Å²) < 4.78 is 23.1. The molecule has 0 radical (unpaired) electrons. The molecular weight excluding hydrogens is 288 g/mol. The molecule has 0 fully saturated rings. The quantitative estimate of drug-likeness (QED) is 0.720. The largest absolute Gasteiger partial charge is 0.330 e. The van der Waals surface area contributed by atoms with Gasteiger partial charge in [0.1, 0.15) is 0 Å². The van der Waals surface area contributed by atoms with Gasteiger partial charge in [-0.05, 0) is 44.0 Å². The molecule has 1 amide bonds. The molecule has 0 bridgehead atoms. The monoisotopic (exact) mass is 312 g/mol. The van der Waals surface area contributed by atoms with Crippen molar-refractivity contribution in [1.82, 2.24) is 0 Å². The molecule has 0 atom stereocenters. The minimum Gasteiger partial charge on any atom is -0.330 e. The first-order chi connectivity index (χ1) is 9.84. The van der Waals surface area contributed by atoms with E-state index in [1.807, 2.05) is 6.92 Å². The van der Waals surface area contributed by atoms with Crippen LogP contribution >= 0.6 is 0 Å². The third-order valence-electron chi connectivity index (χ3n) is 3.27. The van der Waals surface area contributed by atoms with Gasteiger partial charge in [0.15, 0.2) is 9.84 Å². The van der Waals surface area contributed by atoms with E-state index in [1.54, 1.807) is 12.1 Å². The van der Waals surface area contributed by atoms with Gasteiger partial charge in [-0.15, -0.1) is 0 Å². The van der Waals surface area contributed by atoms with Crippen LogP contribution in [0.4, 0.5) is 5.69 Å². The fraction of sp³-hybridized carbons (Fsp3) is 0.533. The van der Waals surface area contributed by atoms with Gasteiger partial charge in [-0.1, -0.05) is 18.9 Å². The van der Waals surface area contributed by atoms with Crippen molar-refractivity contribution in [2.75, 3.05) is 18.1 Å². The van der Waals surface area contributed by atoms with Crippen LogP contribution in [-0.2, 0) is 14.6 Å². The van der Waals surface area contributed by atoms with Crippen molar-refractivity contribution in [3.05, 3.63) is 23.8 Å². The maximum absolute atomic E-state index is 11.9. The Kier molecular flexibility index (Phi) is 6.84. The smallest absolute Gasteiger partial charge is 0.224 e. The Bertz CT molecular complexity index is 583. The molecule has 0 spiro atoms. The van der Waals surface area contributed by atoms with Crippen molar-refractivity contribution in [1.29, 1.82) is 0 Å². The maximum Gasteiger partial charge on any atom is 0.224 e. The van der Waals surface area contributed by atoms with Crippen molar-refractivity contribution in [3.63, 3.8) is 0 Å². The number of hydrogen-bond acceptors (Lipinski definition) is 4. The highest BCUT2D eigenvalue weighted by Gasteiger charge is 2.11. The van der Waals surface area contributed by atoms with Crippen LogP contribution in [0.5, 0.6) is 0 Å². The molecule has 1 aromatic rings. The summed E-state index contributed by atoms with van der Waals surface area (Å²) in [5.74, 6) is -0.0866. The number of unbranched alkanes of at least 4 members (excludes halogenated alkanes) is 3. The molecule has 6 heteroatoms. The van der Waals surface area contributed by atoms with Gasteiger partial charge in [-0.2, -0.15) is 0 Å². The highest BCUT2D eigenvalue weighted by molar-refractivity contribution is 7.90. The van der Waals surface area contributed by atoms with Gasteiger partial charge in [-0.25, -0.2) is 8.42 Å². The van der Waals surface area contributed by atoms with Crippen molar-refractivity contribution in [2.45, 2.75) is 43.9 Å².